The lowest BCUT2D eigenvalue weighted by Gasteiger charge is -2.24. The fraction of sp³-hybridized carbons (Fsp3) is 0.417. The minimum Gasteiger partial charge on any atom is -0.495 e. The van der Waals surface area contributed by atoms with Crippen LogP contribution in [0.3, 0.4) is 0 Å². The average Bonchev–Trinajstić information content (AvgIpc) is 2.37. The summed E-state index contributed by atoms with van der Waals surface area (Å²) in [6.07, 6.45) is 0. The maximum atomic E-state index is 11.9. The van der Waals surface area contributed by atoms with Crippen LogP contribution in [0.4, 0.5) is 10.5 Å². The molecule has 1 rings (SSSR count). The summed E-state index contributed by atoms with van der Waals surface area (Å²) in [7, 11) is 3.28. The van der Waals surface area contributed by atoms with Crippen LogP contribution in [0.5, 0.6) is 5.75 Å². The fourth-order valence-corrected chi connectivity index (χ4v) is 1.31. The molecule has 0 fully saturated rings. The molecule has 94 valence electrons. The monoisotopic (exact) mass is 237 g/mol. The number of urea groups is 1. The van der Waals surface area contributed by atoms with Gasteiger partial charge in [-0.15, -0.1) is 0 Å². The molecule has 17 heavy (non-hydrogen) atoms. The largest absolute Gasteiger partial charge is 0.495 e. The number of para-hydroxylation sites is 2. The van der Waals surface area contributed by atoms with Gasteiger partial charge in [-0.1, -0.05) is 12.1 Å². The fourth-order valence-electron chi connectivity index (χ4n) is 1.31. The number of ether oxygens (including phenoxy) is 1. The zero-order chi connectivity index (χ0) is 12.8. The molecule has 1 aromatic carbocycles. The van der Waals surface area contributed by atoms with Crippen LogP contribution in [-0.2, 0) is 0 Å². The summed E-state index contributed by atoms with van der Waals surface area (Å²) in [5.74, 6) is 0.634. The minimum atomic E-state index is -0.201. The molecule has 3 N–H and O–H groups in total. The highest BCUT2D eigenvalue weighted by molar-refractivity contribution is 5.91. The summed E-state index contributed by atoms with van der Waals surface area (Å²) in [6, 6.07) is 7.06. The summed E-state index contributed by atoms with van der Waals surface area (Å²) < 4.78 is 5.15. The number of hydrogen-bond donors (Lipinski definition) is 2. The Bertz CT molecular complexity index is 382. The Hall–Kier alpha value is -1.75. The zero-order valence-corrected chi connectivity index (χ0v) is 10.4. The van der Waals surface area contributed by atoms with Crippen LogP contribution in [0.25, 0.3) is 0 Å². The third-order valence-electron chi connectivity index (χ3n) is 2.67. The van der Waals surface area contributed by atoms with Crippen molar-refractivity contribution in [2.75, 3.05) is 26.0 Å². The number of likely N-dealkylation sites (N-methyl/N-ethyl adjacent to an activating group) is 1. The first-order chi connectivity index (χ1) is 8.10. The summed E-state index contributed by atoms with van der Waals surface area (Å²) in [4.78, 5) is 13.4. The van der Waals surface area contributed by atoms with Crippen molar-refractivity contribution >= 4 is 11.7 Å². The van der Waals surface area contributed by atoms with E-state index in [1.54, 1.807) is 31.2 Å². The van der Waals surface area contributed by atoms with Crippen LogP contribution in [0.1, 0.15) is 6.92 Å². The standard InChI is InChI=1S/C12H19N3O2/c1-9(8-13)15(2)12(16)14-10-6-4-5-7-11(10)17-3/h4-7,9H,8,13H2,1-3H3,(H,14,16). The summed E-state index contributed by atoms with van der Waals surface area (Å²) in [5.41, 5.74) is 6.16. The number of nitrogens with two attached hydrogens (primary N) is 1. The van der Waals surface area contributed by atoms with Gasteiger partial charge in [0.05, 0.1) is 12.8 Å². The molecule has 0 radical (unpaired) electrons. The van der Waals surface area contributed by atoms with E-state index in [0.717, 1.165) is 0 Å². The van der Waals surface area contributed by atoms with E-state index in [9.17, 15) is 4.79 Å². The molecule has 0 aliphatic heterocycles. The third kappa shape index (κ3) is 3.35. The normalized spacial score (nSPS) is 11.8. The Morgan fingerprint density at radius 2 is 2.18 bits per heavy atom. The second-order valence-corrected chi connectivity index (χ2v) is 3.83. The number of nitrogens with one attached hydrogen (secondary N) is 1. The van der Waals surface area contributed by atoms with Gasteiger partial charge >= 0.3 is 6.03 Å². The van der Waals surface area contributed by atoms with Gasteiger partial charge in [0, 0.05) is 19.6 Å². The van der Waals surface area contributed by atoms with E-state index in [1.807, 2.05) is 19.1 Å². The van der Waals surface area contributed by atoms with Crippen molar-refractivity contribution in [1.82, 2.24) is 4.90 Å². The third-order valence-corrected chi connectivity index (χ3v) is 2.67. The van der Waals surface area contributed by atoms with E-state index in [-0.39, 0.29) is 12.1 Å². The minimum absolute atomic E-state index is 0.00953. The molecule has 5 heteroatoms. The highest BCUT2D eigenvalue weighted by Crippen LogP contribution is 2.23. The van der Waals surface area contributed by atoms with Gasteiger partial charge in [0.25, 0.3) is 0 Å². The van der Waals surface area contributed by atoms with Crippen molar-refractivity contribution in [2.45, 2.75) is 13.0 Å². The Morgan fingerprint density at radius 3 is 2.76 bits per heavy atom. The molecule has 1 atom stereocenters. The van der Waals surface area contributed by atoms with Gasteiger partial charge in [-0.05, 0) is 19.1 Å². The molecule has 5 nitrogen and oxygen atoms in total. The molecular weight excluding hydrogens is 218 g/mol. The summed E-state index contributed by atoms with van der Waals surface area (Å²) in [5, 5.41) is 2.78. The van der Waals surface area contributed by atoms with Gasteiger partial charge in [-0.2, -0.15) is 0 Å². The van der Waals surface area contributed by atoms with Crippen molar-refractivity contribution in [3.05, 3.63) is 24.3 Å². The van der Waals surface area contributed by atoms with Gasteiger partial charge in [0.1, 0.15) is 5.75 Å². The maximum absolute atomic E-state index is 11.9. The van der Waals surface area contributed by atoms with Crippen molar-refractivity contribution < 1.29 is 9.53 Å². The van der Waals surface area contributed by atoms with Crippen LogP contribution in [-0.4, -0.2) is 37.7 Å². The molecule has 0 saturated heterocycles. The number of benzene rings is 1. The number of amides is 2. The first-order valence-electron chi connectivity index (χ1n) is 5.47. The Balaban J connectivity index is 2.74. The maximum Gasteiger partial charge on any atom is 0.321 e. The van der Waals surface area contributed by atoms with E-state index in [4.69, 9.17) is 10.5 Å². The van der Waals surface area contributed by atoms with Crippen molar-refractivity contribution in [3.63, 3.8) is 0 Å². The van der Waals surface area contributed by atoms with Gasteiger partial charge in [-0.25, -0.2) is 4.79 Å². The topological polar surface area (TPSA) is 67.6 Å². The molecule has 1 aromatic rings. The molecule has 1 unspecified atom stereocenters. The number of carbonyl (C=O) groups is 1. The molecule has 0 heterocycles. The lowest BCUT2D eigenvalue weighted by Crippen LogP contribution is -2.42. The van der Waals surface area contributed by atoms with Crippen molar-refractivity contribution in [2.24, 2.45) is 5.73 Å². The van der Waals surface area contributed by atoms with E-state index in [2.05, 4.69) is 5.32 Å². The Kier molecular flexibility index (Phi) is 4.78. The number of methoxy groups -OCH3 is 1. The predicted octanol–water partition coefficient (Wildman–Crippen LogP) is 1.51. The summed E-state index contributed by atoms with van der Waals surface area (Å²) in [6.45, 7) is 2.32. The second kappa shape index (κ2) is 6.10. The van der Waals surface area contributed by atoms with Crippen LogP contribution in [0, 0.1) is 0 Å². The summed E-state index contributed by atoms with van der Waals surface area (Å²) >= 11 is 0. The molecule has 0 spiro atoms. The number of carbonyl (C=O) groups excluding carboxylic acids is 1. The first kappa shape index (κ1) is 13.3. The van der Waals surface area contributed by atoms with Gasteiger partial charge in [0.15, 0.2) is 0 Å². The SMILES string of the molecule is COc1ccccc1NC(=O)N(C)C(C)CN. The number of hydrogen-bond acceptors (Lipinski definition) is 3. The second-order valence-electron chi connectivity index (χ2n) is 3.83. The molecule has 0 aliphatic rings. The van der Waals surface area contributed by atoms with Crippen molar-refractivity contribution in [1.29, 1.82) is 0 Å². The number of rotatable bonds is 4. The van der Waals surface area contributed by atoms with E-state index in [1.165, 1.54) is 0 Å². The first-order valence-corrected chi connectivity index (χ1v) is 5.47. The van der Waals surface area contributed by atoms with Crippen LogP contribution >= 0.6 is 0 Å². The molecule has 0 aliphatic carbocycles. The highest BCUT2D eigenvalue weighted by Gasteiger charge is 2.15. The molecular formula is C12H19N3O2. The number of anilines is 1. The van der Waals surface area contributed by atoms with Crippen molar-refractivity contribution in [3.8, 4) is 5.75 Å². The lowest BCUT2D eigenvalue weighted by molar-refractivity contribution is 0.209. The molecule has 0 saturated carbocycles. The Morgan fingerprint density at radius 1 is 1.53 bits per heavy atom. The predicted molar refractivity (Wildman–Crippen MR) is 68.3 cm³/mol. The van der Waals surface area contributed by atoms with E-state index >= 15 is 0 Å². The van der Waals surface area contributed by atoms with Gasteiger partial charge in [-0.3, -0.25) is 0 Å². The van der Waals surface area contributed by atoms with Crippen LogP contribution in [0.15, 0.2) is 24.3 Å². The molecule has 2 amide bonds. The number of nitrogens with zero attached hydrogens (tertiary/aromatic N) is 1. The lowest BCUT2D eigenvalue weighted by atomic mass is 10.3. The van der Waals surface area contributed by atoms with Crippen LogP contribution < -0.4 is 15.8 Å². The molecule has 0 bridgehead atoms. The highest BCUT2D eigenvalue weighted by atomic mass is 16.5. The van der Waals surface area contributed by atoms with Gasteiger partial charge in [0.2, 0.25) is 0 Å². The quantitative estimate of drug-likeness (QED) is 0.834. The smallest absolute Gasteiger partial charge is 0.321 e. The Labute approximate surface area is 102 Å². The zero-order valence-electron chi connectivity index (χ0n) is 10.4. The average molecular weight is 237 g/mol. The van der Waals surface area contributed by atoms with E-state index < -0.39 is 0 Å². The van der Waals surface area contributed by atoms with E-state index in [0.29, 0.717) is 18.0 Å². The van der Waals surface area contributed by atoms with Crippen LogP contribution in [0.2, 0.25) is 0 Å². The molecule has 0 aromatic heterocycles. The van der Waals surface area contributed by atoms with Gasteiger partial charge < -0.3 is 20.7 Å².